The Morgan fingerprint density at radius 1 is 1.24 bits per heavy atom. The van der Waals surface area contributed by atoms with Crippen molar-refractivity contribution in [3.05, 3.63) is 48.5 Å². The van der Waals surface area contributed by atoms with Gasteiger partial charge in [-0.05, 0) is 30.7 Å². The van der Waals surface area contributed by atoms with Gasteiger partial charge < -0.3 is 10.3 Å². The molecule has 4 rings (SSSR count). The van der Waals surface area contributed by atoms with Crippen molar-refractivity contribution in [3.63, 3.8) is 0 Å². The third-order valence-electron chi connectivity index (χ3n) is 3.49. The molecule has 0 aliphatic carbocycles. The van der Waals surface area contributed by atoms with Gasteiger partial charge in [0.05, 0.1) is 0 Å². The predicted molar refractivity (Wildman–Crippen MR) is 81.7 cm³/mol. The summed E-state index contributed by atoms with van der Waals surface area (Å²) in [6.07, 6.45) is 4.31. The van der Waals surface area contributed by atoms with E-state index < -0.39 is 0 Å². The van der Waals surface area contributed by atoms with E-state index >= 15 is 0 Å². The molecule has 6 nitrogen and oxygen atoms in total. The Morgan fingerprint density at radius 3 is 3.10 bits per heavy atom. The highest BCUT2D eigenvalue weighted by molar-refractivity contribution is 5.83. The molecule has 2 N–H and O–H groups in total. The molecule has 0 aliphatic rings. The third kappa shape index (κ3) is 2.01. The van der Waals surface area contributed by atoms with Crippen LogP contribution in [0.2, 0.25) is 0 Å². The molecule has 0 saturated heterocycles. The van der Waals surface area contributed by atoms with Crippen LogP contribution in [0.4, 0.5) is 11.5 Å². The van der Waals surface area contributed by atoms with E-state index in [1.807, 2.05) is 18.3 Å². The first-order valence-corrected chi connectivity index (χ1v) is 6.87. The molecule has 0 aliphatic heterocycles. The van der Waals surface area contributed by atoms with Crippen LogP contribution in [0.1, 0.15) is 12.6 Å². The second-order valence-electron chi connectivity index (χ2n) is 4.86. The van der Waals surface area contributed by atoms with Crippen molar-refractivity contribution in [2.24, 2.45) is 0 Å². The van der Waals surface area contributed by atoms with E-state index in [4.69, 9.17) is 0 Å². The van der Waals surface area contributed by atoms with Gasteiger partial charge in [0, 0.05) is 34.5 Å². The van der Waals surface area contributed by atoms with E-state index in [1.165, 1.54) is 11.7 Å². The quantitative estimate of drug-likeness (QED) is 0.604. The third-order valence-corrected chi connectivity index (χ3v) is 3.49. The Morgan fingerprint density at radius 2 is 2.19 bits per heavy atom. The highest BCUT2D eigenvalue weighted by Gasteiger charge is 2.07. The smallest absolute Gasteiger partial charge is 0.254 e. The molecule has 0 atom stereocenters. The Hall–Kier alpha value is -2.89. The number of nitrogens with zero attached hydrogens (tertiary/aromatic N) is 4. The molecule has 0 unspecified atom stereocenters. The van der Waals surface area contributed by atoms with Gasteiger partial charge in [0.2, 0.25) is 0 Å². The topological polar surface area (TPSA) is 70.9 Å². The van der Waals surface area contributed by atoms with Crippen LogP contribution in [0.25, 0.3) is 16.7 Å². The minimum Gasteiger partial charge on any atom is -0.361 e. The summed E-state index contributed by atoms with van der Waals surface area (Å²) in [6.45, 7) is 2.07. The van der Waals surface area contributed by atoms with Crippen molar-refractivity contribution in [2.45, 2.75) is 13.3 Å². The predicted octanol–water partition coefficient (Wildman–Crippen LogP) is 2.91. The van der Waals surface area contributed by atoms with Crippen LogP contribution in [0.3, 0.4) is 0 Å². The number of rotatable bonds is 3. The number of benzene rings is 1. The van der Waals surface area contributed by atoms with E-state index in [9.17, 15) is 0 Å². The molecule has 0 bridgehead atoms. The van der Waals surface area contributed by atoms with Crippen molar-refractivity contribution in [1.29, 1.82) is 0 Å². The minimum atomic E-state index is 0.611. The molecule has 1 aromatic carbocycles. The second-order valence-corrected chi connectivity index (χ2v) is 4.86. The molecular weight excluding hydrogens is 264 g/mol. The lowest BCUT2D eigenvalue weighted by Gasteiger charge is -2.09. The monoisotopic (exact) mass is 278 g/mol. The standard InChI is InChI=1S/C15H14N6/c1-2-11-8-14(21-15(20-11)17-9-18-21)19-12-3-4-13-10(7-12)5-6-16-13/h3-9,16,19H,2H2,1H3. The van der Waals surface area contributed by atoms with E-state index in [2.05, 4.69) is 50.5 Å². The summed E-state index contributed by atoms with van der Waals surface area (Å²) in [4.78, 5) is 11.8. The average molecular weight is 278 g/mol. The zero-order valence-corrected chi connectivity index (χ0v) is 11.5. The maximum atomic E-state index is 4.44. The minimum absolute atomic E-state index is 0.611. The van der Waals surface area contributed by atoms with Gasteiger partial charge >= 0.3 is 0 Å². The number of hydrogen-bond acceptors (Lipinski definition) is 4. The van der Waals surface area contributed by atoms with Crippen LogP contribution < -0.4 is 5.32 Å². The zero-order valence-electron chi connectivity index (χ0n) is 11.5. The fourth-order valence-electron chi connectivity index (χ4n) is 2.41. The van der Waals surface area contributed by atoms with Crippen LogP contribution in [0.5, 0.6) is 0 Å². The average Bonchev–Trinajstić information content (AvgIpc) is 3.14. The highest BCUT2D eigenvalue weighted by atomic mass is 15.3. The van der Waals surface area contributed by atoms with Crippen LogP contribution >= 0.6 is 0 Å². The molecule has 0 spiro atoms. The highest BCUT2D eigenvalue weighted by Crippen LogP contribution is 2.22. The summed E-state index contributed by atoms with van der Waals surface area (Å²) in [5.74, 6) is 1.48. The molecular formula is C15H14N6. The fourth-order valence-corrected chi connectivity index (χ4v) is 2.41. The number of fused-ring (bicyclic) bond motifs is 2. The molecule has 0 fully saturated rings. The van der Waals surface area contributed by atoms with E-state index in [0.29, 0.717) is 5.78 Å². The summed E-state index contributed by atoms with van der Waals surface area (Å²) in [6, 6.07) is 10.2. The second kappa shape index (κ2) is 4.59. The van der Waals surface area contributed by atoms with Gasteiger partial charge in [0.25, 0.3) is 5.78 Å². The number of aryl methyl sites for hydroxylation is 1. The van der Waals surface area contributed by atoms with E-state index in [-0.39, 0.29) is 0 Å². The molecule has 3 aromatic heterocycles. The van der Waals surface area contributed by atoms with Crippen molar-refractivity contribution in [1.82, 2.24) is 24.6 Å². The lowest BCUT2D eigenvalue weighted by molar-refractivity contribution is 0.918. The maximum absolute atomic E-state index is 4.44. The Kier molecular flexibility index (Phi) is 2.60. The number of nitrogens with one attached hydrogen (secondary N) is 2. The summed E-state index contributed by atoms with van der Waals surface area (Å²) in [5.41, 5.74) is 3.11. The van der Waals surface area contributed by atoms with Gasteiger partial charge in [-0.1, -0.05) is 6.92 Å². The van der Waals surface area contributed by atoms with Gasteiger partial charge in [-0.15, -0.1) is 0 Å². The van der Waals surface area contributed by atoms with Crippen LogP contribution in [-0.2, 0) is 6.42 Å². The van der Waals surface area contributed by atoms with Gasteiger partial charge in [0.1, 0.15) is 12.1 Å². The number of anilines is 2. The molecule has 3 heterocycles. The molecule has 0 saturated carbocycles. The lowest BCUT2D eigenvalue weighted by atomic mass is 10.2. The zero-order chi connectivity index (χ0) is 14.2. The maximum Gasteiger partial charge on any atom is 0.254 e. The van der Waals surface area contributed by atoms with Crippen LogP contribution in [0.15, 0.2) is 42.9 Å². The first kappa shape index (κ1) is 11.9. The number of hydrogen-bond donors (Lipinski definition) is 2. The first-order chi connectivity index (χ1) is 10.3. The first-order valence-electron chi connectivity index (χ1n) is 6.87. The van der Waals surface area contributed by atoms with Gasteiger partial charge in [0.15, 0.2) is 0 Å². The number of H-pyrrole nitrogens is 1. The van der Waals surface area contributed by atoms with Crippen molar-refractivity contribution >= 4 is 28.2 Å². The van der Waals surface area contributed by atoms with Crippen molar-refractivity contribution < 1.29 is 0 Å². The normalized spacial score (nSPS) is 11.3. The SMILES string of the molecule is CCc1cc(Nc2ccc3[nH]ccc3c2)n2ncnc2n1. The Bertz CT molecular complexity index is 920. The van der Waals surface area contributed by atoms with Crippen molar-refractivity contribution in [2.75, 3.05) is 5.32 Å². The Balaban J connectivity index is 1.80. The molecule has 4 aromatic rings. The van der Waals surface area contributed by atoms with Crippen LogP contribution in [-0.4, -0.2) is 24.6 Å². The number of aromatic nitrogens is 5. The molecule has 6 heteroatoms. The van der Waals surface area contributed by atoms with Gasteiger partial charge in [-0.2, -0.15) is 14.6 Å². The van der Waals surface area contributed by atoms with Crippen LogP contribution in [0, 0.1) is 0 Å². The molecule has 21 heavy (non-hydrogen) atoms. The fraction of sp³-hybridized carbons (Fsp3) is 0.133. The Labute approximate surface area is 120 Å². The summed E-state index contributed by atoms with van der Waals surface area (Å²) < 4.78 is 1.71. The van der Waals surface area contributed by atoms with Crippen molar-refractivity contribution in [3.8, 4) is 0 Å². The van der Waals surface area contributed by atoms with Gasteiger partial charge in [-0.3, -0.25) is 0 Å². The molecule has 0 amide bonds. The van der Waals surface area contributed by atoms with E-state index in [1.54, 1.807) is 4.52 Å². The van der Waals surface area contributed by atoms with E-state index in [0.717, 1.165) is 29.1 Å². The summed E-state index contributed by atoms with van der Waals surface area (Å²) in [7, 11) is 0. The van der Waals surface area contributed by atoms with Gasteiger partial charge in [-0.25, -0.2) is 4.98 Å². The molecule has 0 radical (unpaired) electrons. The molecule has 104 valence electrons. The summed E-state index contributed by atoms with van der Waals surface area (Å²) >= 11 is 0. The summed E-state index contributed by atoms with van der Waals surface area (Å²) in [5, 5.41) is 8.78. The largest absolute Gasteiger partial charge is 0.361 e. The lowest BCUT2D eigenvalue weighted by Crippen LogP contribution is -2.03. The number of aromatic amines is 1.